The fourth-order valence-electron chi connectivity index (χ4n) is 1.71. The first-order valence-corrected chi connectivity index (χ1v) is 6.42. The van der Waals surface area contributed by atoms with Crippen molar-refractivity contribution < 1.29 is 9.53 Å². The van der Waals surface area contributed by atoms with Crippen LogP contribution in [0.1, 0.15) is 22.8 Å². The van der Waals surface area contributed by atoms with Gasteiger partial charge in [-0.2, -0.15) is 0 Å². The number of ether oxygens (including phenoxy) is 1. The molecule has 1 aromatic heterocycles. The average molecular weight is 276 g/mol. The molecular weight excluding hydrogens is 262 g/mol. The van der Waals surface area contributed by atoms with Crippen LogP contribution in [-0.4, -0.2) is 17.4 Å². The summed E-state index contributed by atoms with van der Waals surface area (Å²) < 4.78 is 5.33. The number of pyridine rings is 1. The van der Waals surface area contributed by atoms with Crippen molar-refractivity contribution in [2.24, 2.45) is 0 Å². The Hall–Kier alpha value is -1.87. The number of hydrogen-bond acceptors (Lipinski definition) is 3. The number of ketones is 1. The maximum atomic E-state index is 12.1. The molecule has 0 aliphatic carbocycles. The van der Waals surface area contributed by atoms with Crippen LogP contribution in [0.5, 0.6) is 5.75 Å². The Balaban J connectivity index is 2.11. The van der Waals surface area contributed by atoms with Gasteiger partial charge in [-0.15, -0.1) is 0 Å². The summed E-state index contributed by atoms with van der Waals surface area (Å²) >= 11 is 5.81. The maximum Gasteiger partial charge on any atom is 0.168 e. The minimum Gasteiger partial charge on any atom is -0.492 e. The predicted octanol–water partition coefficient (Wildman–Crippen LogP) is 3.56. The highest BCUT2D eigenvalue weighted by Crippen LogP contribution is 2.15. The minimum atomic E-state index is 0.0105. The lowest BCUT2D eigenvalue weighted by Gasteiger charge is -2.05. The first-order valence-electron chi connectivity index (χ1n) is 6.04. The number of rotatable bonds is 5. The van der Waals surface area contributed by atoms with E-state index in [1.165, 1.54) is 0 Å². The molecule has 1 heterocycles. The summed E-state index contributed by atoms with van der Waals surface area (Å²) in [6.07, 6.45) is 3.48. The lowest BCUT2D eigenvalue weighted by molar-refractivity contribution is 0.0992. The van der Waals surface area contributed by atoms with E-state index in [9.17, 15) is 4.79 Å². The van der Waals surface area contributed by atoms with Gasteiger partial charge in [0, 0.05) is 23.2 Å². The summed E-state index contributed by atoms with van der Waals surface area (Å²) in [6, 6.07) is 8.97. The quantitative estimate of drug-likeness (QED) is 0.783. The number of nitrogens with zero attached hydrogens (tertiary/aromatic N) is 1. The van der Waals surface area contributed by atoms with Gasteiger partial charge in [0.15, 0.2) is 5.78 Å². The molecule has 3 nitrogen and oxygen atoms in total. The molecule has 0 unspecified atom stereocenters. The van der Waals surface area contributed by atoms with E-state index in [-0.39, 0.29) is 5.78 Å². The second kappa shape index (κ2) is 6.34. The van der Waals surface area contributed by atoms with Crippen molar-refractivity contribution >= 4 is 17.4 Å². The van der Waals surface area contributed by atoms with Crippen LogP contribution in [0.25, 0.3) is 0 Å². The van der Waals surface area contributed by atoms with E-state index in [1.54, 1.807) is 30.6 Å². The normalized spacial score (nSPS) is 10.2. The molecule has 0 saturated heterocycles. The summed E-state index contributed by atoms with van der Waals surface area (Å²) in [5.74, 6) is 0.626. The lowest BCUT2D eigenvalue weighted by Crippen LogP contribution is -2.04. The van der Waals surface area contributed by atoms with E-state index in [1.807, 2.05) is 19.1 Å². The number of halogens is 1. The zero-order valence-corrected chi connectivity index (χ0v) is 11.4. The van der Waals surface area contributed by atoms with E-state index < -0.39 is 0 Å². The standard InChI is InChI=1S/C15H14ClNO2/c1-2-19-14-8-12(9-17-10-14)15(18)7-11-3-5-13(16)6-4-11/h3-6,8-10H,2,7H2,1H3. The van der Waals surface area contributed by atoms with Crippen LogP contribution >= 0.6 is 11.6 Å². The number of benzene rings is 1. The lowest BCUT2D eigenvalue weighted by atomic mass is 10.0. The van der Waals surface area contributed by atoms with Gasteiger partial charge in [0.1, 0.15) is 5.75 Å². The molecule has 0 fully saturated rings. The van der Waals surface area contributed by atoms with Gasteiger partial charge < -0.3 is 4.74 Å². The van der Waals surface area contributed by atoms with Crippen molar-refractivity contribution in [3.63, 3.8) is 0 Å². The fourth-order valence-corrected chi connectivity index (χ4v) is 1.83. The predicted molar refractivity (Wildman–Crippen MR) is 74.9 cm³/mol. The van der Waals surface area contributed by atoms with Crippen LogP contribution in [0.15, 0.2) is 42.7 Å². The van der Waals surface area contributed by atoms with E-state index in [0.717, 1.165) is 5.56 Å². The third-order valence-electron chi connectivity index (χ3n) is 2.62. The summed E-state index contributed by atoms with van der Waals surface area (Å²) in [4.78, 5) is 16.1. The second-order valence-electron chi connectivity index (χ2n) is 4.07. The summed E-state index contributed by atoms with van der Waals surface area (Å²) in [5.41, 5.74) is 1.48. The molecule has 0 saturated carbocycles. The number of carbonyl (C=O) groups is 1. The monoisotopic (exact) mass is 275 g/mol. The highest BCUT2D eigenvalue weighted by Gasteiger charge is 2.08. The van der Waals surface area contributed by atoms with Crippen LogP contribution in [0.2, 0.25) is 5.02 Å². The van der Waals surface area contributed by atoms with Crippen LogP contribution in [0, 0.1) is 0 Å². The first-order chi connectivity index (χ1) is 9.19. The summed E-state index contributed by atoms with van der Waals surface area (Å²) in [5, 5.41) is 0.663. The Labute approximate surface area is 117 Å². The van der Waals surface area contributed by atoms with E-state index in [4.69, 9.17) is 16.3 Å². The zero-order chi connectivity index (χ0) is 13.7. The summed E-state index contributed by atoms with van der Waals surface area (Å²) in [7, 11) is 0. The molecule has 2 rings (SSSR count). The van der Waals surface area contributed by atoms with Crippen molar-refractivity contribution in [1.82, 2.24) is 4.98 Å². The van der Waals surface area contributed by atoms with Gasteiger partial charge in [-0.3, -0.25) is 9.78 Å². The summed E-state index contributed by atoms with van der Waals surface area (Å²) in [6.45, 7) is 2.44. The van der Waals surface area contributed by atoms with Crippen LogP contribution in [0.3, 0.4) is 0 Å². The molecule has 0 bridgehead atoms. The van der Waals surface area contributed by atoms with E-state index >= 15 is 0 Å². The molecule has 1 aromatic carbocycles. The van der Waals surface area contributed by atoms with Crippen LogP contribution in [0.4, 0.5) is 0 Å². The van der Waals surface area contributed by atoms with Gasteiger partial charge in [-0.05, 0) is 30.7 Å². The molecule has 0 atom stereocenters. The molecule has 0 aliphatic rings. The number of aromatic nitrogens is 1. The Morgan fingerprint density at radius 3 is 2.68 bits per heavy atom. The molecule has 0 spiro atoms. The van der Waals surface area contributed by atoms with Gasteiger partial charge >= 0.3 is 0 Å². The van der Waals surface area contributed by atoms with Crippen molar-refractivity contribution in [1.29, 1.82) is 0 Å². The number of hydrogen-bond donors (Lipinski definition) is 0. The molecule has 0 aliphatic heterocycles. The van der Waals surface area contributed by atoms with Crippen molar-refractivity contribution in [3.8, 4) is 5.75 Å². The van der Waals surface area contributed by atoms with Gasteiger partial charge in [-0.25, -0.2) is 0 Å². The fraction of sp³-hybridized carbons (Fsp3) is 0.200. The molecule has 0 amide bonds. The molecule has 2 aromatic rings. The van der Waals surface area contributed by atoms with Crippen molar-refractivity contribution in [2.75, 3.05) is 6.61 Å². The third kappa shape index (κ3) is 3.80. The van der Waals surface area contributed by atoms with E-state index in [0.29, 0.717) is 29.4 Å². The molecule has 0 N–H and O–H groups in total. The smallest absolute Gasteiger partial charge is 0.168 e. The van der Waals surface area contributed by atoms with Gasteiger partial charge in [-0.1, -0.05) is 23.7 Å². The Morgan fingerprint density at radius 1 is 1.26 bits per heavy atom. The first kappa shape index (κ1) is 13.6. The number of carbonyl (C=O) groups excluding carboxylic acids is 1. The SMILES string of the molecule is CCOc1cncc(C(=O)Cc2ccc(Cl)cc2)c1. The maximum absolute atomic E-state index is 12.1. The van der Waals surface area contributed by atoms with Crippen LogP contribution in [-0.2, 0) is 6.42 Å². The minimum absolute atomic E-state index is 0.0105. The second-order valence-corrected chi connectivity index (χ2v) is 4.51. The zero-order valence-electron chi connectivity index (χ0n) is 10.6. The van der Waals surface area contributed by atoms with Crippen LogP contribution < -0.4 is 4.74 Å². The third-order valence-corrected chi connectivity index (χ3v) is 2.88. The molecule has 98 valence electrons. The largest absolute Gasteiger partial charge is 0.492 e. The van der Waals surface area contributed by atoms with Crippen molar-refractivity contribution in [3.05, 3.63) is 58.9 Å². The molecular formula is C15H14ClNO2. The van der Waals surface area contributed by atoms with Gasteiger partial charge in [0.05, 0.1) is 12.8 Å². The Kier molecular flexibility index (Phi) is 4.53. The Bertz CT molecular complexity index is 567. The highest BCUT2D eigenvalue weighted by molar-refractivity contribution is 6.30. The molecule has 4 heteroatoms. The topological polar surface area (TPSA) is 39.2 Å². The molecule has 19 heavy (non-hydrogen) atoms. The average Bonchev–Trinajstić information content (AvgIpc) is 2.42. The van der Waals surface area contributed by atoms with E-state index in [2.05, 4.69) is 4.98 Å². The molecule has 0 radical (unpaired) electrons. The van der Waals surface area contributed by atoms with Crippen molar-refractivity contribution in [2.45, 2.75) is 13.3 Å². The Morgan fingerprint density at radius 2 is 2.00 bits per heavy atom. The number of Topliss-reactive ketones (excluding diaryl/α,β-unsaturated/α-hetero) is 1. The van der Waals surface area contributed by atoms with Gasteiger partial charge in [0.2, 0.25) is 0 Å². The van der Waals surface area contributed by atoms with Gasteiger partial charge in [0.25, 0.3) is 0 Å². The highest BCUT2D eigenvalue weighted by atomic mass is 35.5.